The molecule has 3 aromatic carbocycles. The molecule has 1 aromatic heterocycles. The Hall–Kier alpha value is -4.07. The first kappa shape index (κ1) is 18.9. The molecule has 0 bridgehead atoms. The molecular weight excluding hydrogens is 406 g/mol. The fraction of sp³-hybridized carbons (Fsp3) is 0.0870. The van der Waals surface area contributed by atoms with Crippen LogP contribution in [0.4, 0.5) is 8.78 Å². The molecule has 154 valence electrons. The third kappa shape index (κ3) is 3.13. The van der Waals surface area contributed by atoms with Gasteiger partial charge >= 0.3 is 0 Å². The summed E-state index contributed by atoms with van der Waals surface area (Å²) >= 11 is 0. The van der Waals surface area contributed by atoms with E-state index in [1.54, 1.807) is 36.4 Å². The molecule has 0 saturated heterocycles. The Bertz CT molecular complexity index is 1290. The second kappa shape index (κ2) is 7.32. The van der Waals surface area contributed by atoms with Crippen molar-refractivity contribution in [3.05, 3.63) is 83.4 Å². The summed E-state index contributed by atoms with van der Waals surface area (Å²) < 4.78 is 39.1. The third-order valence-corrected chi connectivity index (χ3v) is 5.10. The summed E-state index contributed by atoms with van der Waals surface area (Å²) in [5.74, 6) is -1.79. The zero-order chi connectivity index (χ0) is 21.5. The number of benzene rings is 3. The molecule has 0 unspecified atom stereocenters. The molecule has 8 heteroatoms. The number of aromatic nitrogens is 1. The number of carbonyl (C=O) groups is 2. The summed E-state index contributed by atoms with van der Waals surface area (Å²) in [7, 11) is 0. The first-order valence-electron chi connectivity index (χ1n) is 9.46. The van der Waals surface area contributed by atoms with Crippen molar-refractivity contribution in [3.8, 4) is 17.0 Å². The van der Waals surface area contributed by atoms with Crippen molar-refractivity contribution in [3.63, 3.8) is 0 Å². The van der Waals surface area contributed by atoms with Crippen LogP contribution >= 0.6 is 0 Å². The number of amides is 2. The van der Waals surface area contributed by atoms with Crippen LogP contribution in [0.2, 0.25) is 0 Å². The summed E-state index contributed by atoms with van der Waals surface area (Å²) in [6.45, 7) is 0.145. The lowest BCUT2D eigenvalue weighted by Gasteiger charge is -2.14. The molecule has 0 fully saturated rings. The van der Waals surface area contributed by atoms with Crippen LogP contribution < -0.4 is 4.74 Å². The molecule has 2 amide bonds. The highest BCUT2D eigenvalue weighted by Gasteiger charge is 2.34. The molecule has 6 nitrogen and oxygen atoms in total. The Labute approximate surface area is 174 Å². The Morgan fingerprint density at radius 3 is 2.26 bits per heavy atom. The van der Waals surface area contributed by atoms with E-state index in [4.69, 9.17) is 9.26 Å². The van der Waals surface area contributed by atoms with Crippen molar-refractivity contribution in [1.29, 1.82) is 0 Å². The summed E-state index contributed by atoms with van der Waals surface area (Å²) in [5, 5.41) is 4.23. The molecule has 0 aliphatic carbocycles. The van der Waals surface area contributed by atoms with Crippen LogP contribution in [0.25, 0.3) is 22.2 Å². The Morgan fingerprint density at radius 2 is 1.58 bits per heavy atom. The normalized spacial score (nSPS) is 13.2. The van der Waals surface area contributed by atoms with Crippen LogP contribution in [0.5, 0.6) is 5.75 Å². The smallest absolute Gasteiger partial charge is 0.261 e. The zero-order valence-electron chi connectivity index (χ0n) is 16.0. The van der Waals surface area contributed by atoms with Crippen LogP contribution in [0.3, 0.4) is 0 Å². The Kier molecular flexibility index (Phi) is 4.47. The first-order chi connectivity index (χ1) is 15.0. The van der Waals surface area contributed by atoms with Gasteiger partial charge in [-0.15, -0.1) is 0 Å². The molecule has 1 aliphatic rings. The van der Waals surface area contributed by atoms with Gasteiger partial charge in [-0.05, 0) is 36.4 Å². The van der Waals surface area contributed by atoms with Gasteiger partial charge in [0.05, 0.1) is 28.6 Å². The second-order valence-electron chi connectivity index (χ2n) is 6.94. The highest BCUT2D eigenvalue weighted by atomic mass is 19.1. The monoisotopic (exact) mass is 420 g/mol. The minimum absolute atomic E-state index is 0.0585. The maximum absolute atomic E-state index is 14.1. The van der Waals surface area contributed by atoms with E-state index in [1.807, 2.05) is 0 Å². The number of hydrogen-bond acceptors (Lipinski definition) is 5. The van der Waals surface area contributed by atoms with Crippen LogP contribution in [-0.2, 0) is 0 Å². The number of nitrogens with zero attached hydrogens (tertiary/aromatic N) is 2. The topological polar surface area (TPSA) is 72.6 Å². The van der Waals surface area contributed by atoms with Crippen molar-refractivity contribution in [2.45, 2.75) is 0 Å². The summed E-state index contributed by atoms with van der Waals surface area (Å²) in [6, 6.07) is 14.9. The molecular formula is C23H14F2N2O4. The van der Waals surface area contributed by atoms with Gasteiger partial charge in [-0.2, -0.15) is 0 Å². The van der Waals surface area contributed by atoms with E-state index in [9.17, 15) is 18.4 Å². The fourth-order valence-corrected chi connectivity index (χ4v) is 3.61. The van der Waals surface area contributed by atoms with Crippen molar-refractivity contribution in [1.82, 2.24) is 10.1 Å². The maximum Gasteiger partial charge on any atom is 0.261 e. The quantitative estimate of drug-likeness (QED) is 0.446. The van der Waals surface area contributed by atoms with Gasteiger partial charge in [-0.25, -0.2) is 8.78 Å². The molecule has 1 aliphatic heterocycles. The van der Waals surface area contributed by atoms with E-state index >= 15 is 0 Å². The molecule has 5 rings (SSSR count). The standard InChI is InChI=1S/C23H14F2N2O4/c24-17-6-3-7-18(25)20(17)21-16-9-8-13(12-19(16)31-26-21)30-11-10-27-22(28)14-4-1-2-5-15(14)23(27)29/h1-9,12H,10-11H2. The third-order valence-electron chi connectivity index (χ3n) is 5.10. The van der Waals surface area contributed by atoms with Crippen molar-refractivity contribution >= 4 is 22.8 Å². The van der Waals surface area contributed by atoms with Gasteiger partial charge in [-0.1, -0.05) is 23.4 Å². The predicted molar refractivity (Wildman–Crippen MR) is 107 cm³/mol. The van der Waals surface area contributed by atoms with E-state index < -0.39 is 11.6 Å². The molecule has 0 N–H and O–H groups in total. The molecule has 0 atom stereocenters. The van der Waals surface area contributed by atoms with E-state index in [-0.39, 0.29) is 41.8 Å². The fourth-order valence-electron chi connectivity index (χ4n) is 3.61. The van der Waals surface area contributed by atoms with E-state index in [1.165, 1.54) is 12.1 Å². The molecule has 0 radical (unpaired) electrons. The van der Waals surface area contributed by atoms with Gasteiger partial charge in [0, 0.05) is 6.07 Å². The van der Waals surface area contributed by atoms with Crippen LogP contribution in [-0.4, -0.2) is 35.0 Å². The van der Waals surface area contributed by atoms with Gasteiger partial charge in [0.15, 0.2) is 5.58 Å². The zero-order valence-corrected chi connectivity index (χ0v) is 16.0. The first-order valence-corrected chi connectivity index (χ1v) is 9.46. The van der Waals surface area contributed by atoms with Crippen molar-refractivity contribution < 1.29 is 27.6 Å². The van der Waals surface area contributed by atoms with Gasteiger partial charge in [0.25, 0.3) is 11.8 Å². The van der Waals surface area contributed by atoms with Crippen molar-refractivity contribution in [2.75, 3.05) is 13.2 Å². The number of carbonyl (C=O) groups excluding carboxylic acids is 2. The van der Waals surface area contributed by atoms with E-state index in [0.29, 0.717) is 22.3 Å². The Balaban J connectivity index is 1.32. The summed E-state index contributed by atoms with van der Waals surface area (Å²) in [4.78, 5) is 25.9. The lowest BCUT2D eigenvalue weighted by Crippen LogP contribution is -2.33. The number of ether oxygens (including phenoxy) is 1. The lowest BCUT2D eigenvalue weighted by molar-refractivity contribution is 0.0631. The highest BCUT2D eigenvalue weighted by molar-refractivity contribution is 6.21. The molecule has 0 saturated carbocycles. The van der Waals surface area contributed by atoms with Gasteiger partial charge in [0.1, 0.15) is 29.7 Å². The van der Waals surface area contributed by atoms with Gasteiger partial charge < -0.3 is 9.26 Å². The lowest BCUT2D eigenvalue weighted by atomic mass is 10.1. The van der Waals surface area contributed by atoms with Crippen LogP contribution in [0.15, 0.2) is 65.2 Å². The van der Waals surface area contributed by atoms with E-state index in [0.717, 1.165) is 17.0 Å². The van der Waals surface area contributed by atoms with Crippen molar-refractivity contribution in [2.24, 2.45) is 0 Å². The number of imide groups is 1. The SMILES string of the molecule is O=C1c2ccccc2C(=O)N1CCOc1ccc2c(-c3c(F)cccc3F)noc2c1. The van der Waals surface area contributed by atoms with E-state index in [2.05, 4.69) is 5.16 Å². The second-order valence-corrected chi connectivity index (χ2v) is 6.94. The highest BCUT2D eigenvalue weighted by Crippen LogP contribution is 2.33. The largest absolute Gasteiger partial charge is 0.492 e. The number of fused-ring (bicyclic) bond motifs is 2. The average Bonchev–Trinajstić information content (AvgIpc) is 3.28. The number of rotatable bonds is 5. The minimum atomic E-state index is -0.739. The predicted octanol–water partition coefficient (Wildman–Crippen LogP) is 4.45. The molecule has 4 aromatic rings. The van der Waals surface area contributed by atoms with Crippen LogP contribution in [0, 0.1) is 11.6 Å². The molecule has 2 heterocycles. The number of halogens is 2. The minimum Gasteiger partial charge on any atom is -0.492 e. The van der Waals surface area contributed by atoms with Gasteiger partial charge in [0.2, 0.25) is 0 Å². The Morgan fingerprint density at radius 1 is 0.903 bits per heavy atom. The summed E-state index contributed by atoms with van der Waals surface area (Å²) in [5.41, 5.74) is 0.839. The number of hydrogen-bond donors (Lipinski definition) is 0. The average molecular weight is 420 g/mol. The maximum atomic E-state index is 14.1. The summed E-state index contributed by atoms with van der Waals surface area (Å²) in [6.07, 6.45) is 0. The molecule has 31 heavy (non-hydrogen) atoms. The van der Waals surface area contributed by atoms with Gasteiger partial charge in [-0.3, -0.25) is 14.5 Å². The van der Waals surface area contributed by atoms with Crippen LogP contribution in [0.1, 0.15) is 20.7 Å². The molecule has 0 spiro atoms.